The van der Waals surface area contributed by atoms with E-state index in [2.05, 4.69) is 5.32 Å². The first-order chi connectivity index (χ1) is 15.7. The standard InChI is InChI=1S/C23H23F3N2O5/c1-32-22(31)19(15-2-6-17(7-3-15)23(24,25)26)14-20(29)27-18-8-4-16(5-9-18)21(30)28-10-12-33-13-11-28/h2-9,19H,10-14H2,1H3,(H,27,29). The van der Waals surface area contributed by atoms with Gasteiger partial charge in [0, 0.05) is 30.8 Å². The van der Waals surface area contributed by atoms with Crippen molar-refractivity contribution in [2.75, 3.05) is 38.7 Å². The highest BCUT2D eigenvalue weighted by Gasteiger charge is 2.31. The molecule has 1 atom stereocenters. The van der Waals surface area contributed by atoms with Gasteiger partial charge >= 0.3 is 12.1 Å². The van der Waals surface area contributed by atoms with E-state index in [1.807, 2.05) is 0 Å². The van der Waals surface area contributed by atoms with Crippen molar-refractivity contribution < 1.29 is 37.0 Å². The van der Waals surface area contributed by atoms with Gasteiger partial charge in [0.2, 0.25) is 5.91 Å². The third-order valence-electron chi connectivity index (χ3n) is 5.23. The lowest BCUT2D eigenvalue weighted by molar-refractivity contribution is -0.143. The molecule has 2 amide bonds. The molecule has 176 valence electrons. The Morgan fingerprint density at radius 3 is 2.18 bits per heavy atom. The van der Waals surface area contributed by atoms with Gasteiger partial charge in [-0.3, -0.25) is 14.4 Å². The maximum absolute atomic E-state index is 12.8. The molecule has 1 aliphatic rings. The second-order valence-corrected chi connectivity index (χ2v) is 7.43. The molecule has 1 heterocycles. The second kappa shape index (κ2) is 10.5. The van der Waals surface area contributed by atoms with Crippen LogP contribution in [0.25, 0.3) is 0 Å². The Morgan fingerprint density at radius 2 is 1.64 bits per heavy atom. The average Bonchev–Trinajstić information content (AvgIpc) is 2.82. The van der Waals surface area contributed by atoms with E-state index >= 15 is 0 Å². The number of methoxy groups -OCH3 is 1. The number of halogens is 3. The lowest BCUT2D eigenvalue weighted by Gasteiger charge is -2.26. The van der Waals surface area contributed by atoms with Gasteiger partial charge in [-0.25, -0.2) is 0 Å². The predicted octanol–water partition coefficient (Wildman–Crippen LogP) is 3.46. The Bertz CT molecular complexity index is 985. The molecule has 0 saturated carbocycles. The molecule has 0 aromatic heterocycles. The fraction of sp³-hybridized carbons (Fsp3) is 0.348. The van der Waals surface area contributed by atoms with Gasteiger partial charge in [-0.15, -0.1) is 0 Å². The van der Waals surface area contributed by atoms with Crippen LogP contribution in [0.2, 0.25) is 0 Å². The number of carbonyl (C=O) groups excluding carboxylic acids is 3. The molecule has 2 aromatic rings. The van der Waals surface area contributed by atoms with Crippen molar-refractivity contribution in [2.24, 2.45) is 0 Å². The number of morpholine rings is 1. The number of amides is 2. The van der Waals surface area contributed by atoms with Crippen molar-refractivity contribution in [1.82, 2.24) is 4.90 Å². The summed E-state index contributed by atoms with van der Waals surface area (Å²) in [6.45, 7) is 1.99. The molecule has 1 fully saturated rings. The first kappa shape index (κ1) is 24.2. The Hall–Kier alpha value is -3.40. The first-order valence-corrected chi connectivity index (χ1v) is 10.2. The Balaban J connectivity index is 1.65. The van der Waals surface area contributed by atoms with Crippen molar-refractivity contribution in [1.29, 1.82) is 0 Å². The lowest BCUT2D eigenvalue weighted by Crippen LogP contribution is -2.40. The van der Waals surface area contributed by atoms with Crippen molar-refractivity contribution >= 4 is 23.5 Å². The summed E-state index contributed by atoms with van der Waals surface area (Å²) in [5.41, 5.74) is 0.254. The largest absolute Gasteiger partial charge is 0.469 e. The molecule has 7 nitrogen and oxygen atoms in total. The van der Waals surface area contributed by atoms with Crippen molar-refractivity contribution in [3.63, 3.8) is 0 Å². The van der Waals surface area contributed by atoms with Crippen LogP contribution < -0.4 is 5.32 Å². The number of hydrogen-bond acceptors (Lipinski definition) is 5. The molecule has 1 unspecified atom stereocenters. The minimum atomic E-state index is -4.51. The van der Waals surface area contributed by atoms with Crippen LogP contribution in [0, 0.1) is 0 Å². The Labute approximate surface area is 188 Å². The summed E-state index contributed by atoms with van der Waals surface area (Å²) in [6, 6.07) is 10.3. The lowest BCUT2D eigenvalue weighted by atomic mass is 9.94. The highest BCUT2D eigenvalue weighted by Crippen LogP contribution is 2.31. The zero-order chi connectivity index (χ0) is 24.0. The minimum Gasteiger partial charge on any atom is -0.469 e. The van der Waals surface area contributed by atoms with E-state index in [0.29, 0.717) is 37.6 Å². The van der Waals surface area contributed by atoms with E-state index in [1.54, 1.807) is 29.2 Å². The summed E-state index contributed by atoms with van der Waals surface area (Å²) < 4.78 is 48.3. The molecule has 1 saturated heterocycles. The number of carbonyl (C=O) groups is 3. The molecule has 0 radical (unpaired) electrons. The van der Waals surface area contributed by atoms with Crippen molar-refractivity contribution in [2.45, 2.75) is 18.5 Å². The number of rotatable bonds is 6. The normalized spacial score (nSPS) is 15.0. The van der Waals surface area contributed by atoms with E-state index in [1.165, 1.54) is 0 Å². The summed E-state index contributed by atoms with van der Waals surface area (Å²) in [6.07, 6.45) is -4.83. The molecule has 1 aliphatic heterocycles. The number of benzene rings is 2. The van der Waals surface area contributed by atoms with E-state index in [-0.39, 0.29) is 17.9 Å². The Kier molecular flexibility index (Phi) is 7.70. The number of ether oxygens (including phenoxy) is 2. The molecule has 10 heteroatoms. The van der Waals surface area contributed by atoms with E-state index in [0.717, 1.165) is 31.4 Å². The quantitative estimate of drug-likeness (QED) is 0.662. The molecule has 0 aliphatic carbocycles. The summed E-state index contributed by atoms with van der Waals surface area (Å²) in [4.78, 5) is 38.9. The zero-order valence-electron chi connectivity index (χ0n) is 17.9. The summed E-state index contributed by atoms with van der Waals surface area (Å²) >= 11 is 0. The average molecular weight is 464 g/mol. The van der Waals surface area contributed by atoms with Crippen molar-refractivity contribution in [3.8, 4) is 0 Å². The maximum atomic E-state index is 12.8. The fourth-order valence-electron chi connectivity index (χ4n) is 3.43. The zero-order valence-corrected chi connectivity index (χ0v) is 17.9. The summed E-state index contributed by atoms with van der Waals surface area (Å²) in [5, 5.41) is 2.63. The third-order valence-corrected chi connectivity index (χ3v) is 5.23. The number of anilines is 1. The van der Waals surface area contributed by atoms with Crippen LogP contribution in [-0.2, 0) is 25.2 Å². The van der Waals surface area contributed by atoms with Gasteiger partial charge in [-0.2, -0.15) is 13.2 Å². The number of hydrogen-bond donors (Lipinski definition) is 1. The molecule has 0 spiro atoms. The van der Waals surface area contributed by atoms with Crippen LogP contribution in [0.5, 0.6) is 0 Å². The number of alkyl halides is 3. The van der Waals surface area contributed by atoms with Crippen molar-refractivity contribution in [3.05, 3.63) is 65.2 Å². The van der Waals surface area contributed by atoms with Gasteiger partial charge in [0.1, 0.15) is 0 Å². The van der Waals surface area contributed by atoms with E-state index < -0.39 is 29.5 Å². The van der Waals surface area contributed by atoms with Gasteiger partial charge in [0.05, 0.1) is 31.8 Å². The molecular formula is C23H23F3N2O5. The van der Waals surface area contributed by atoms with E-state index in [4.69, 9.17) is 9.47 Å². The highest BCUT2D eigenvalue weighted by atomic mass is 19.4. The first-order valence-electron chi connectivity index (χ1n) is 10.2. The topological polar surface area (TPSA) is 84.9 Å². The smallest absolute Gasteiger partial charge is 0.416 e. The highest BCUT2D eigenvalue weighted by molar-refractivity contribution is 5.97. The second-order valence-electron chi connectivity index (χ2n) is 7.43. The third kappa shape index (κ3) is 6.32. The Morgan fingerprint density at radius 1 is 1.03 bits per heavy atom. The monoisotopic (exact) mass is 464 g/mol. The van der Waals surface area contributed by atoms with Gasteiger partial charge < -0.3 is 19.7 Å². The number of esters is 1. The van der Waals surface area contributed by atoms with Gasteiger partial charge in [0.25, 0.3) is 5.91 Å². The molecule has 33 heavy (non-hydrogen) atoms. The van der Waals surface area contributed by atoms with Crippen LogP contribution in [0.4, 0.5) is 18.9 Å². The fourth-order valence-corrected chi connectivity index (χ4v) is 3.43. The van der Waals surface area contributed by atoms with Gasteiger partial charge in [0.15, 0.2) is 0 Å². The number of nitrogens with one attached hydrogen (secondary N) is 1. The van der Waals surface area contributed by atoms with Crippen LogP contribution >= 0.6 is 0 Å². The molecule has 1 N–H and O–H groups in total. The SMILES string of the molecule is COC(=O)C(CC(=O)Nc1ccc(C(=O)N2CCOCC2)cc1)c1ccc(C(F)(F)F)cc1. The van der Waals surface area contributed by atoms with E-state index in [9.17, 15) is 27.6 Å². The van der Waals surface area contributed by atoms with Gasteiger partial charge in [-0.1, -0.05) is 12.1 Å². The summed E-state index contributed by atoms with van der Waals surface area (Å²) in [5.74, 6) is -2.47. The maximum Gasteiger partial charge on any atom is 0.416 e. The predicted molar refractivity (Wildman–Crippen MR) is 113 cm³/mol. The van der Waals surface area contributed by atoms with Gasteiger partial charge in [-0.05, 0) is 42.0 Å². The number of nitrogens with zero attached hydrogens (tertiary/aromatic N) is 1. The van der Waals surface area contributed by atoms with Crippen LogP contribution in [-0.4, -0.2) is 56.1 Å². The summed E-state index contributed by atoms with van der Waals surface area (Å²) in [7, 11) is 1.14. The minimum absolute atomic E-state index is 0.135. The molecule has 0 bridgehead atoms. The molecular weight excluding hydrogens is 441 g/mol. The van der Waals surface area contributed by atoms with Crippen LogP contribution in [0.3, 0.4) is 0 Å². The van der Waals surface area contributed by atoms with Crippen LogP contribution in [0.15, 0.2) is 48.5 Å². The van der Waals surface area contributed by atoms with Crippen LogP contribution in [0.1, 0.15) is 33.8 Å². The molecule has 3 rings (SSSR count). The molecule has 2 aromatic carbocycles.